The molecule has 1 amide bonds. The second-order valence-corrected chi connectivity index (χ2v) is 5.56. The molecule has 2 heterocycles. The fourth-order valence-corrected chi connectivity index (χ4v) is 2.91. The largest absolute Gasteiger partial charge is 0.494 e. The first-order valence-corrected chi connectivity index (χ1v) is 7.09. The van der Waals surface area contributed by atoms with E-state index >= 15 is 0 Å². The standard InChI is InChI=1S/C14H13N3O3S/c1-7-4-5-10(19-3)11-12(7)21-14(15-11)16-13(18)9-6-8(2)20-17-9/h4-6H,1-3H3,(H,15,16,18). The van der Waals surface area contributed by atoms with Crippen LogP contribution in [0.25, 0.3) is 10.2 Å². The number of carbonyl (C=O) groups is 1. The predicted molar refractivity (Wildman–Crippen MR) is 80.1 cm³/mol. The lowest BCUT2D eigenvalue weighted by Crippen LogP contribution is -2.11. The zero-order chi connectivity index (χ0) is 15.0. The highest BCUT2D eigenvalue weighted by atomic mass is 32.1. The fraction of sp³-hybridized carbons (Fsp3) is 0.214. The number of anilines is 1. The minimum absolute atomic E-state index is 0.232. The maximum atomic E-state index is 12.0. The molecule has 2 aromatic heterocycles. The summed E-state index contributed by atoms with van der Waals surface area (Å²) in [5.74, 6) is 0.925. The van der Waals surface area contributed by atoms with Gasteiger partial charge in [-0.05, 0) is 25.5 Å². The minimum Gasteiger partial charge on any atom is -0.494 e. The molecule has 0 radical (unpaired) electrons. The van der Waals surface area contributed by atoms with Gasteiger partial charge in [0.15, 0.2) is 10.8 Å². The highest BCUT2D eigenvalue weighted by Gasteiger charge is 2.16. The third-order valence-electron chi connectivity index (χ3n) is 3.00. The van der Waals surface area contributed by atoms with Gasteiger partial charge in [0, 0.05) is 6.07 Å². The van der Waals surface area contributed by atoms with Crippen LogP contribution in [0, 0.1) is 13.8 Å². The van der Waals surface area contributed by atoms with E-state index in [-0.39, 0.29) is 11.6 Å². The molecule has 108 valence electrons. The van der Waals surface area contributed by atoms with Crippen molar-refractivity contribution < 1.29 is 14.1 Å². The molecular weight excluding hydrogens is 290 g/mol. The molecule has 21 heavy (non-hydrogen) atoms. The van der Waals surface area contributed by atoms with Crippen LogP contribution in [-0.4, -0.2) is 23.2 Å². The number of hydrogen-bond acceptors (Lipinski definition) is 6. The Morgan fingerprint density at radius 3 is 2.86 bits per heavy atom. The van der Waals surface area contributed by atoms with Crippen LogP contribution in [0.1, 0.15) is 21.8 Å². The summed E-state index contributed by atoms with van der Waals surface area (Å²) in [4.78, 5) is 16.5. The number of rotatable bonds is 3. The average Bonchev–Trinajstić information content (AvgIpc) is 3.06. The molecule has 0 saturated heterocycles. The summed E-state index contributed by atoms with van der Waals surface area (Å²) in [6, 6.07) is 5.41. The van der Waals surface area contributed by atoms with Gasteiger partial charge in [-0.2, -0.15) is 0 Å². The van der Waals surface area contributed by atoms with Gasteiger partial charge in [-0.3, -0.25) is 10.1 Å². The first kappa shape index (κ1) is 13.6. The third kappa shape index (κ3) is 2.47. The van der Waals surface area contributed by atoms with Crippen molar-refractivity contribution in [2.24, 2.45) is 0 Å². The van der Waals surface area contributed by atoms with Crippen molar-refractivity contribution in [3.63, 3.8) is 0 Å². The maximum absolute atomic E-state index is 12.0. The van der Waals surface area contributed by atoms with E-state index in [1.807, 2.05) is 19.1 Å². The van der Waals surface area contributed by atoms with Gasteiger partial charge in [-0.15, -0.1) is 0 Å². The molecule has 0 saturated carbocycles. The molecule has 0 bridgehead atoms. The van der Waals surface area contributed by atoms with Crippen molar-refractivity contribution in [3.05, 3.63) is 35.2 Å². The Hall–Kier alpha value is -2.41. The Morgan fingerprint density at radius 1 is 1.38 bits per heavy atom. The molecular formula is C14H13N3O3S. The predicted octanol–water partition coefficient (Wildman–Crippen LogP) is 3.16. The van der Waals surface area contributed by atoms with Crippen LogP contribution in [-0.2, 0) is 0 Å². The van der Waals surface area contributed by atoms with Gasteiger partial charge >= 0.3 is 0 Å². The summed E-state index contributed by atoms with van der Waals surface area (Å²) in [5, 5.41) is 6.92. The van der Waals surface area contributed by atoms with Crippen LogP contribution in [0.4, 0.5) is 5.13 Å². The lowest BCUT2D eigenvalue weighted by molar-refractivity contribution is 0.101. The minimum atomic E-state index is -0.345. The zero-order valence-electron chi connectivity index (χ0n) is 11.8. The highest BCUT2D eigenvalue weighted by molar-refractivity contribution is 7.22. The van der Waals surface area contributed by atoms with Gasteiger partial charge in [-0.1, -0.05) is 22.6 Å². The van der Waals surface area contributed by atoms with Gasteiger partial charge in [0.25, 0.3) is 5.91 Å². The lowest BCUT2D eigenvalue weighted by Gasteiger charge is -2.01. The van der Waals surface area contributed by atoms with Gasteiger partial charge in [0.05, 0.1) is 11.8 Å². The summed E-state index contributed by atoms with van der Waals surface area (Å²) < 4.78 is 11.2. The summed E-state index contributed by atoms with van der Waals surface area (Å²) in [6.07, 6.45) is 0. The van der Waals surface area contributed by atoms with Crippen LogP contribution >= 0.6 is 11.3 Å². The smallest absolute Gasteiger partial charge is 0.279 e. The van der Waals surface area contributed by atoms with E-state index in [0.717, 1.165) is 15.8 Å². The van der Waals surface area contributed by atoms with Crippen molar-refractivity contribution in [1.29, 1.82) is 0 Å². The molecule has 3 rings (SSSR count). The van der Waals surface area contributed by atoms with Crippen molar-refractivity contribution in [3.8, 4) is 5.75 Å². The summed E-state index contributed by atoms with van der Waals surface area (Å²) in [6.45, 7) is 3.72. The Labute approximate surface area is 124 Å². The number of nitrogens with zero attached hydrogens (tertiary/aromatic N) is 2. The molecule has 3 aromatic rings. The Morgan fingerprint density at radius 2 is 2.19 bits per heavy atom. The van der Waals surface area contributed by atoms with Crippen LogP contribution < -0.4 is 10.1 Å². The van der Waals surface area contributed by atoms with E-state index in [1.165, 1.54) is 11.3 Å². The fourth-order valence-electron chi connectivity index (χ4n) is 1.96. The number of methoxy groups -OCH3 is 1. The quantitative estimate of drug-likeness (QED) is 0.804. The lowest BCUT2D eigenvalue weighted by atomic mass is 10.2. The van der Waals surface area contributed by atoms with Crippen LogP contribution in [0.3, 0.4) is 0 Å². The van der Waals surface area contributed by atoms with Crippen molar-refractivity contribution in [1.82, 2.24) is 10.1 Å². The number of benzene rings is 1. The van der Waals surface area contributed by atoms with Crippen molar-refractivity contribution in [2.75, 3.05) is 12.4 Å². The number of aromatic nitrogens is 2. The number of carbonyl (C=O) groups excluding carboxylic acids is 1. The monoisotopic (exact) mass is 303 g/mol. The van der Waals surface area contributed by atoms with Crippen LogP contribution in [0.15, 0.2) is 22.7 Å². The number of ether oxygens (including phenoxy) is 1. The van der Waals surface area contributed by atoms with Crippen LogP contribution in [0.2, 0.25) is 0 Å². The molecule has 0 fully saturated rings. The summed E-state index contributed by atoms with van der Waals surface area (Å²) in [7, 11) is 1.60. The Bertz CT molecular complexity index is 822. The van der Waals surface area contributed by atoms with E-state index in [0.29, 0.717) is 16.6 Å². The molecule has 7 heteroatoms. The molecule has 0 aliphatic carbocycles. The number of fused-ring (bicyclic) bond motifs is 1. The summed E-state index contributed by atoms with van der Waals surface area (Å²) in [5.41, 5.74) is 2.06. The molecule has 0 aliphatic rings. The number of aryl methyl sites for hydroxylation is 2. The number of amides is 1. The first-order valence-electron chi connectivity index (χ1n) is 6.27. The van der Waals surface area contributed by atoms with Crippen molar-refractivity contribution in [2.45, 2.75) is 13.8 Å². The van der Waals surface area contributed by atoms with Gasteiger partial charge < -0.3 is 9.26 Å². The Kier molecular flexibility index (Phi) is 3.34. The van der Waals surface area contributed by atoms with E-state index in [1.54, 1.807) is 20.1 Å². The third-order valence-corrected chi connectivity index (χ3v) is 4.11. The van der Waals surface area contributed by atoms with E-state index in [9.17, 15) is 4.79 Å². The summed E-state index contributed by atoms with van der Waals surface area (Å²) >= 11 is 1.40. The number of thiazole rings is 1. The van der Waals surface area contributed by atoms with Gasteiger partial charge in [0.2, 0.25) is 0 Å². The maximum Gasteiger partial charge on any atom is 0.279 e. The molecule has 1 N–H and O–H groups in total. The van der Waals surface area contributed by atoms with Gasteiger partial charge in [0.1, 0.15) is 17.0 Å². The van der Waals surface area contributed by atoms with Gasteiger partial charge in [-0.25, -0.2) is 4.98 Å². The molecule has 0 unspecified atom stereocenters. The van der Waals surface area contributed by atoms with E-state index in [2.05, 4.69) is 15.5 Å². The van der Waals surface area contributed by atoms with Crippen LogP contribution in [0.5, 0.6) is 5.75 Å². The first-order chi connectivity index (χ1) is 10.1. The normalized spacial score (nSPS) is 10.8. The SMILES string of the molecule is COc1ccc(C)c2sc(NC(=O)c3cc(C)on3)nc12. The van der Waals surface area contributed by atoms with E-state index in [4.69, 9.17) is 9.26 Å². The average molecular weight is 303 g/mol. The zero-order valence-corrected chi connectivity index (χ0v) is 12.6. The van der Waals surface area contributed by atoms with Crippen molar-refractivity contribution >= 4 is 32.6 Å². The number of nitrogens with one attached hydrogen (secondary N) is 1. The topological polar surface area (TPSA) is 77.2 Å². The molecule has 6 nitrogen and oxygen atoms in total. The highest BCUT2D eigenvalue weighted by Crippen LogP contribution is 2.34. The molecule has 0 aliphatic heterocycles. The molecule has 0 spiro atoms. The second-order valence-electron chi connectivity index (χ2n) is 4.56. The number of hydrogen-bond donors (Lipinski definition) is 1. The second kappa shape index (κ2) is 5.17. The van der Waals surface area contributed by atoms with E-state index < -0.39 is 0 Å². The molecule has 0 atom stereocenters. The molecule has 1 aromatic carbocycles. The Balaban J connectivity index is 1.94.